The summed E-state index contributed by atoms with van der Waals surface area (Å²) in [6, 6.07) is 14.0. The third kappa shape index (κ3) is 6.36. The molecule has 0 aliphatic carbocycles. The molecular formula is C18H23NO4S2. The summed E-state index contributed by atoms with van der Waals surface area (Å²) in [5, 5.41) is 0. The molecule has 0 fully saturated rings. The summed E-state index contributed by atoms with van der Waals surface area (Å²) in [5.41, 5.74) is 2.11. The lowest BCUT2D eigenvalue weighted by Crippen LogP contribution is -2.19. The summed E-state index contributed by atoms with van der Waals surface area (Å²) in [6.45, 7) is 4.50. The van der Waals surface area contributed by atoms with E-state index in [1.54, 1.807) is 12.1 Å². The lowest BCUT2D eigenvalue weighted by molar-refractivity contribution is 0.309. The molecule has 5 nitrogen and oxygen atoms in total. The Labute approximate surface area is 152 Å². The van der Waals surface area contributed by atoms with Crippen LogP contribution in [0.4, 0.5) is 0 Å². The Bertz CT molecular complexity index is 800. The van der Waals surface area contributed by atoms with Gasteiger partial charge in [-0.25, -0.2) is 8.93 Å². The normalized spacial score (nSPS) is 12.9. The maximum Gasteiger partial charge on any atom is 0.296 e. The van der Waals surface area contributed by atoms with Gasteiger partial charge in [-0.05, 0) is 51.0 Å². The van der Waals surface area contributed by atoms with E-state index in [4.69, 9.17) is 4.18 Å². The first-order valence-corrected chi connectivity index (χ1v) is 10.6. The second-order valence-corrected chi connectivity index (χ2v) is 8.69. The summed E-state index contributed by atoms with van der Waals surface area (Å²) in [5.74, 6) is 0. The van der Waals surface area contributed by atoms with E-state index in [-0.39, 0.29) is 11.5 Å². The second-order valence-electron chi connectivity index (χ2n) is 5.77. The van der Waals surface area contributed by atoms with Crippen LogP contribution >= 0.6 is 0 Å². The molecule has 0 saturated heterocycles. The van der Waals surface area contributed by atoms with Crippen LogP contribution in [-0.2, 0) is 25.3 Å². The minimum absolute atomic E-state index is 0.106. The zero-order valence-electron chi connectivity index (χ0n) is 14.4. The minimum atomic E-state index is -3.71. The molecule has 0 amide bonds. The number of hydrogen-bond acceptors (Lipinski definition) is 4. The van der Waals surface area contributed by atoms with E-state index >= 15 is 0 Å². The molecule has 1 unspecified atom stereocenters. The van der Waals surface area contributed by atoms with Crippen molar-refractivity contribution in [2.24, 2.45) is 0 Å². The molecule has 2 aromatic rings. The van der Waals surface area contributed by atoms with Gasteiger partial charge in [0.1, 0.15) is 11.0 Å². The topological polar surface area (TPSA) is 72.5 Å². The molecule has 0 bridgehead atoms. The first kappa shape index (κ1) is 19.8. The highest BCUT2D eigenvalue weighted by Crippen LogP contribution is 2.13. The lowest BCUT2D eigenvalue weighted by atomic mass is 10.2. The minimum Gasteiger partial charge on any atom is -0.266 e. The molecule has 2 aromatic carbocycles. The number of hydrogen-bond donors (Lipinski definition) is 1. The highest BCUT2D eigenvalue weighted by atomic mass is 32.2. The van der Waals surface area contributed by atoms with Crippen molar-refractivity contribution in [2.75, 3.05) is 13.2 Å². The van der Waals surface area contributed by atoms with Gasteiger partial charge in [-0.3, -0.25) is 4.18 Å². The Morgan fingerprint density at radius 1 is 0.920 bits per heavy atom. The first-order chi connectivity index (χ1) is 11.9. The second kappa shape index (κ2) is 9.24. The molecule has 0 heterocycles. The summed E-state index contributed by atoms with van der Waals surface area (Å²) in [6.07, 6.45) is 1.23. The largest absolute Gasteiger partial charge is 0.296 e. The van der Waals surface area contributed by atoms with E-state index in [0.717, 1.165) is 16.0 Å². The van der Waals surface area contributed by atoms with Crippen molar-refractivity contribution in [1.82, 2.24) is 4.72 Å². The maximum atomic E-state index is 12.0. The van der Waals surface area contributed by atoms with Crippen LogP contribution in [0.15, 0.2) is 58.3 Å². The molecule has 0 saturated carbocycles. The fourth-order valence-corrected chi connectivity index (χ4v) is 3.90. The van der Waals surface area contributed by atoms with Gasteiger partial charge in [0.25, 0.3) is 10.1 Å². The van der Waals surface area contributed by atoms with E-state index < -0.39 is 21.1 Å². The lowest BCUT2D eigenvalue weighted by Gasteiger charge is -2.07. The van der Waals surface area contributed by atoms with Crippen molar-refractivity contribution < 1.29 is 16.8 Å². The summed E-state index contributed by atoms with van der Waals surface area (Å²) >= 11 is 0. The van der Waals surface area contributed by atoms with Crippen LogP contribution in [0.2, 0.25) is 0 Å². The van der Waals surface area contributed by atoms with Gasteiger partial charge in [0.05, 0.1) is 16.4 Å². The average molecular weight is 382 g/mol. The molecule has 0 aromatic heterocycles. The molecule has 0 radical (unpaired) electrons. The van der Waals surface area contributed by atoms with Crippen LogP contribution < -0.4 is 4.72 Å². The van der Waals surface area contributed by atoms with Crippen molar-refractivity contribution in [2.45, 2.75) is 36.5 Å². The molecule has 136 valence electrons. The molecular weight excluding hydrogens is 358 g/mol. The SMILES string of the molecule is Cc1ccc(S(=O)NCCCCOS(=O)(=O)c2ccc(C)cc2)cc1. The third-order valence-corrected chi connectivity index (χ3v) is 6.08. The zero-order chi connectivity index (χ0) is 18.3. The average Bonchev–Trinajstić information content (AvgIpc) is 2.58. The predicted octanol–water partition coefficient (Wildman–Crippen LogP) is 3.10. The Kier molecular flexibility index (Phi) is 7.31. The fourth-order valence-electron chi connectivity index (χ4n) is 2.08. The third-order valence-electron chi connectivity index (χ3n) is 3.59. The summed E-state index contributed by atoms with van der Waals surface area (Å²) in [7, 11) is -4.96. The zero-order valence-corrected chi connectivity index (χ0v) is 16.0. The molecule has 1 atom stereocenters. The van der Waals surface area contributed by atoms with Crippen LogP contribution in [0.5, 0.6) is 0 Å². The van der Waals surface area contributed by atoms with Gasteiger partial charge in [-0.1, -0.05) is 35.4 Å². The Balaban J connectivity index is 1.68. The summed E-state index contributed by atoms with van der Waals surface area (Å²) < 4.78 is 44.0. The van der Waals surface area contributed by atoms with Crippen LogP contribution in [-0.4, -0.2) is 25.8 Å². The standard InChI is InChI=1S/C18H23NO4S2/c1-15-5-9-17(10-6-15)24(20)19-13-3-4-14-23-25(21,22)18-11-7-16(2)8-12-18/h5-12,19H,3-4,13-14H2,1-2H3. The first-order valence-electron chi connectivity index (χ1n) is 8.06. The van der Waals surface area contributed by atoms with Crippen LogP contribution in [0, 0.1) is 13.8 Å². The fraction of sp³-hybridized carbons (Fsp3) is 0.333. The van der Waals surface area contributed by atoms with Gasteiger partial charge in [0, 0.05) is 6.54 Å². The van der Waals surface area contributed by atoms with E-state index in [9.17, 15) is 12.6 Å². The van der Waals surface area contributed by atoms with E-state index in [0.29, 0.717) is 19.4 Å². The number of benzene rings is 2. The Morgan fingerprint density at radius 3 is 2.08 bits per heavy atom. The molecule has 1 N–H and O–H groups in total. The maximum absolute atomic E-state index is 12.0. The molecule has 7 heteroatoms. The van der Waals surface area contributed by atoms with Gasteiger partial charge >= 0.3 is 0 Å². The van der Waals surface area contributed by atoms with Crippen LogP contribution in [0.1, 0.15) is 24.0 Å². The van der Waals surface area contributed by atoms with Gasteiger partial charge in [-0.15, -0.1) is 0 Å². The van der Waals surface area contributed by atoms with Gasteiger partial charge in [0.15, 0.2) is 0 Å². The van der Waals surface area contributed by atoms with Gasteiger partial charge in [-0.2, -0.15) is 8.42 Å². The molecule has 0 aliphatic rings. The monoisotopic (exact) mass is 381 g/mol. The van der Waals surface area contributed by atoms with Crippen molar-refractivity contribution in [3.63, 3.8) is 0 Å². The molecule has 2 rings (SSSR count). The van der Waals surface area contributed by atoms with Gasteiger partial charge < -0.3 is 0 Å². The smallest absolute Gasteiger partial charge is 0.266 e. The van der Waals surface area contributed by atoms with E-state index in [2.05, 4.69) is 4.72 Å². The quantitative estimate of drug-likeness (QED) is 0.535. The Hall–Kier alpha value is -1.54. The highest BCUT2D eigenvalue weighted by Gasteiger charge is 2.14. The molecule has 0 spiro atoms. The predicted molar refractivity (Wildman–Crippen MR) is 99.1 cm³/mol. The van der Waals surface area contributed by atoms with E-state index in [1.165, 1.54) is 12.1 Å². The Morgan fingerprint density at radius 2 is 1.48 bits per heavy atom. The van der Waals surface area contributed by atoms with Crippen LogP contribution in [0.3, 0.4) is 0 Å². The van der Waals surface area contributed by atoms with E-state index in [1.807, 2.05) is 38.1 Å². The summed E-state index contributed by atoms with van der Waals surface area (Å²) in [4.78, 5) is 0.889. The molecule has 25 heavy (non-hydrogen) atoms. The van der Waals surface area contributed by atoms with Gasteiger partial charge in [0.2, 0.25) is 0 Å². The van der Waals surface area contributed by atoms with Crippen molar-refractivity contribution in [3.8, 4) is 0 Å². The molecule has 0 aliphatic heterocycles. The van der Waals surface area contributed by atoms with Crippen molar-refractivity contribution in [3.05, 3.63) is 59.7 Å². The van der Waals surface area contributed by atoms with Crippen molar-refractivity contribution in [1.29, 1.82) is 0 Å². The van der Waals surface area contributed by atoms with Crippen LogP contribution in [0.25, 0.3) is 0 Å². The van der Waals surface area contributed by atoms with Crippen molar-refractivity contribution >= 4 is 21.1 Å². The highest BCUT2D eigenvalue weighted by molar-refractivity contribution is 7.86. The number of aryl methyl sites for hydroxylation is 2. The number of unbranched alkanes of at least 4 members (excludes halogenated alkanes) is 1. The number of rotatable bonds is 9. The number of nitrogens with one attached hydrogen (secondary N) is 1.